The van der Waals surface area contributed by atoms with Crippen molar-refractivity contribution in [2.45, 2.75) is 13.1 Å². The zero-order valence-electron chi connectivity index (χ0n) is 8.79. The van der Waals surface area contributed by atoms with E-state index in [2.05, 4.69) is 5.10 Å². The molecule has 2 rings (SSSR count). The Morgan fingerprint density at radius 3 is 2.41 bits per heavy atom. The van der Waals surface area contributed by atoms with Gasteiger partial charge in [-0.1, -0.05) is 12.1 Å². The number of hydrogen-bond donors (Lipinski definition) is 0. The molecule has 0 N–H and O–H groups in total. The van der Waals surface area contributed by atoms with Crippen LogP contribution in [-0.2, 0) is 6.18 Å². The molecule has 0 unspecified atom stereocenters. The minimum atomic E-state index is -4.57. The zero-order chi connectivity index (χ0) is 12.6. The van der Waals surface area contributed by atoms with E-state index in [1.54, 1.807) is 0 Å². The molecule has 0 saturated carbocycles. The molecule has 0 aliphatic heterocycles. The van der Waals surface area contributed by atoms with Crippen molar-refractivity contribution in [2.24, 2.45) is 0 Å². The summed E-state index contributed by atoms with van der Waals surface area (Å²) >= 11 is 0. The lowest BCUT2D eigenvalue weighted by Crippen LogP contribution is -2.14. The molecule has 1 aromatic carbocycles. The van der Waals surface area contributed by atoms with Gasteiger partial charge in [-0.15, -0.1) is 0 Å². The number of halogens is 4. The predicted molar refractivity (Wildman–Crippen MR) is 53.3 cm³/mol. The minimum absolute atomic E-state index is 0.181. The monoisotopic (exact) mass is 244 g/mol. The highest BCUT2D eigenvalue weighted by molar-refractivity contribution is 5.35. The summed E-state index contributed by atoms with van der Waals surface area (Å²) in [4.78, 5) is 0. The first kappa shape index (κ1) is 11.6. The van der Waals surface area contributed by atoms with Crippen LogP contribution in [0.2, 0.25) is 0 Å². The van der Waals surface area contributed by atoms with Crippen LogP contribution in [0.25, 0.3) is 5.69 Å². The SMILES string of the molecule is Cc1cc(C(F)(F)F)n(-c2ccccc2F)n1. The third-order valence-corrected chi connectivity index (χ3v) is 2.20. The van der Waals surface area contributed by atoms with E-state index in [1.165, 1.54) is 25.1 Å². The normalized spacial score (nSPS) is 11.8. The Hall–Kier alpha value is -1.85. The third kappa shape index (κ3) is 2.15. The molecule has 0 fully saturated rings. The summed E-state index contributed by atoms with van der Waals surface area (Å²) in [5.74, 6) is -0.749. The average Bonchev–Trinajstić information content (AvgIpc) is 2.60. The summed E-state index contributed by atoms with van der Waals surface area (Å²) in [6.07, 6.45) is -4.57. The molecule has 0 bridgehead atoms. The molecule has 0 amide bonds. The van der Waals surface area contributed by atoms with Gasteiger partial charge in [-0.05, 0) is 25.1 Å². The molecule has 2 nitrogen and oxygen atoms in total. The van der Waals surface area contributed by atoms with Crippen LogP contribution < -0.4 is 0 Å². The molecule has 0 spiro atoms. The van der Waals surface area contributed by atoms with E-state index in [4.69, 9.17) is 0 Å². The molecule has 0 saturated heterocycles. The maximum atomic E-state index is 13.4. The summed E-state index contributed by atoms with van der Waals surface area (Å²) in [6, 6.07) is 6.08. The highest BCUT2D eigenvalue weighted by Gasteiger charge is 2.36. The van der Waals surface area contributed by atoms with E-state index >= 15 is 0 Å². The van der Waals surface area contributed by atoms with Gasteiger partial charge in [0.1, 0.15) is 17.2 Å². The summed E-state index contributed by atoms with van der Waals surface area (Å²) in [5.41, 5.74) is -1.02. The third-order valence-electron chi connectivity index (χ3n) is 2.20. The standard InChI is InChI=1S/C11H8F4N2/c1-7-6-10(11(13,14)15)17(16-7)9-5-3-2-4-8(9)12/h2-6H,1H3. The molecule has 0 aliphatic carbocycles. The summed E-state index contributed by atoms with van der Waals surface area (Å²) < 4.78 is 52.1. The molecule has 90 valence electrons. The number of alkyl halides is 3. The number of aromatic nitrogens is 2. The number of aryl methyl sites for hydroxylation is 1. The van der Waals surface area contributed by atoms with Crippen molar-refractivity contribution in [1.29, 1.82) is 0 Å². The average molecular weight is 244 g/mol. The fourth-order valence-electron chi connectivity index (χ4n) is 1.51. The van der Waals surface area contributed by atoms with E-state index in [-0.39, 0.29) is 11.4 Å². The Labute approximate surface area is 94.5 Å². The number of benzene rings is 1. The molecular formula is C11H8F4N2. The number of para-hydroxylation sites is 1. The smallest absolute Gasteiger partial charge is 0.225 e. The van der Waals surface area contributed by atoms with E-state index < -0.39 is 17.7 Å². The molecule has 0 atom stereocenters. The molecule has 2 aromatic rings. The van der Waals surface area contributed by atoms with Crippen LogP contribution in [0.1, 0.15) is 11.4 Å². The fourth-order valence-corrected chi connectivity index (χ4v) is 1.51. The lowest BCUT2D eigenvalue weighted by molar-refractivity contribution is -0.142. The van der Waals surface area contributed by atoms with Gasteiger partial charge >= 0.3 is 6.18 Å². The first-order valence-corrected chi connectivity index (χ1v) is 4.78. The number of hydrogen-bond acceptors (Lipinski definition) is 1. The van der Waals surface area contributed by atoms with Crippen molar-refractivity contribution in [3.05, 3.63) is 47.5 Å². The summed E-state index contributed by atoms with van der Waals surface area (Å²) in [7, 11) is 0. The lowest BCUT2D eigenvalue weighted by Gasteiger charge is -2.10. The van der Waals surface area contributed by atoms with Crippen LogP contribution >= 0.6 is 0 Å². The van der Waals surface area contributed by atoms with Crippen LogP contribution in [-0.4, -0.2) is 9.78 Å². The van der Waals surface area contributed by atoms with Crippen LogP contribution in [0.3, 0.4) is 0 Å². The quantitative estimate of drug-likeness (QED) is 0.703. The first-order valence-electron chi connectivity index (χ1n) is 4.78. The van der Waals surface area contributed by atoms with Crippen LogP contribution in [0.15, 0.2) is 30.3 Å². The number of nitrogens with zero attached hydrogens (tertiary/aromatic N) is 2. The summed E-state index contributed by atoms with van der Waals surface area (Å²) in [6.45, 7) is 1.42. The van der Waals surface area contributed by atoms with Gasteiger partial charge in [0, 0.05) is 0 Å². The molecule has 6 heteroatoms. The van der Waals surface area contributed by atoms with Crippen LogP contribution in [0, 0.1) is 12.7 Å². The number of rotatable bonds is 1. The van der Waals surface area contributed by atoms with Crippen molar-refractivity contribution in [2.75, 3.05) is 0 Å². The van der Waals surface area contributed by atoms with Crippen molar-refractivity contribution < 1.29 is 17.6 Å². The highest BCUT2D eigenvalue weighted by atomic mass is 19.4. The minimum Gasteiger partial charge on any atom is -0.225 e. The molecule has 1 aromatic heterocycles. The second-order valence-corrected chi connectivity index (χ2v) is 3.53. The van der Waals surface area contributed by atoms with Crippen molar-refractivity contribution in [1.82, 2.24) is 9.78 Å². The highest BCUT2D eigenvalue weighted by Crippen LogP contribution is 2.31. The van der Waals surface area contributed by atoms with E-state index in [0.29, 0.717) is 4.68 Å². The maximum Gasteiger partial charge on any atom is 0.433 e. The zero-order valence-corrected chi connectivity index (χ0v) is 8.79. The van der Waals surface area contributed by atoms with Crippen LogP contribution in [0.5, 0.6) is 0 Å². The Bertz CT molecular complexity index is 543. The van der Waals surface area contributed by atoms with E-state index in [0.717, 1.165) is 12.1 Å². The summed E-state index contributed by atoms with van der Waals surface area (Å²) in [5, 5.41) is 3.66. The van der Waals surface area contributed by atoms with Crippen molar-refractivity contribution in [3.63, 3.8) is 0 Å². The topological polar surface area (TPSA) is 17.8 Å². The van der Waals surface area contributed by atoms with E-state index in [1.807, 2.05) is 0 Å². The predicted octanol–water partition coefficient (Wildman–Crippen LogP) is 3.34. The van der Waals surface area contributed by atoms with E-state index in [9.17, 15) is 17.6 Å². The first-order chi connectivity index (χ1) is 7.89. The van der Waals surface area contributed by atoms with Gasteiger partial charge in [0.05, 0.1) is 5.69 Å². The van der Waals surface area contributed by atoms with Gasteiger partial charge in [-0.2, -0.15) is 18.3 Å². The van der Waals surface area contributed by atoms with Gasteiger partial charge in [-0.3, -0.25) is 0 Å². The molecule has 0 aliphatic rings. The Morgan fingerprint density at radius 1 is 1.18 bits per heavy atom. The van der Waals surface area contributed by atoms with Gasteiger partial charge < -0.3 is 0 Å². The second kappa shape index (κ2) is 3.87. The molecule has 1 heterocycles. The Kier molecular flexibility index (Phi) is 2.65. The molecular weight excluding hydrogens is 236 g/mol. The van der Waals surface area contributed by atoms with Crippen molar-refractivity contribution in [3.8, 4) is 5.69 Å². The Morgan fingerprint density at radius 2 is 1.82 bits per heavy atom. The van der Waals surface area contributed by atoms with Gasteiger partial charge in [0.15, 0.2) is 0 Å². The second-order valence-electron chi connectivity index (χ2n) is 3.53. The largest absolute Gasteiger partial charge is 0.433 e. The van der Waals surface area contributed by atoms with Gasteiger partial charge in [0.25, 0.3) is 0 Å². The Balaban J connectivity index is 2.64. The molecule has 17 heavy (non-hydrogen) atoms. The van der Waals surface area contributed by atoms with Crippen LogP contribution in [0.4, 0.5) is 17.6 Å². The van der Waals surface area contributed by atoms with Gasteiger partial charge in [0.2, 0.25) is 0 Å². The fraction of sp³-hybridized carbons (Fsp3) is 0.182. The van der Waals surface area contributed by atoms with Crippen molar-refractivity contribution >= 4 is 0 Å². The lowest BCUT2D eigenvalue weighted by atomic mass is 10.3. The maximum absolute atomic E-state index is 13.4. The molecule has 0 radical (unpaired) electrons. The van der Waals surface area contributed by atoms with Gasteiger partial charge in [-0.25, -0.2) is 9.07 Å².